The molecule has 0 N–H and O–H groups in total. The molecule has 0 aromatic heterocycles. The Bertz CT molecular complexity index is 412. The van der Waals surface area contributed by atoms with Gasteiger partial charge in [0.2, 0.25) is 0 Å². The van der Waals surface area contributed by atoms with Crippen LogP contribution >= 0.6 is 0 Å². The number of hydrogen-bond donors (Lipinski definition) is 1. The molecule has 0 saturated heterocycles. The molecule has 0 bridgehead atoms. The number of rotatable bonds is 1. The first kappa shape index (κ1) is 8.68. The van der Waals surface area contributed by atoms with Crippen LogP contribution in [-0.4, -0.2) is 8.42 Å². The van der Waals surface area contributed by atoms with E-state index < -0.39 is 16.5 Å². The Labute approximate surface area is 70.0 Å². The smallest absolute Gasteiger partial charge is 0.168 e. The Morgan fingerprint density at radius 2 is 2.08 bits per heavy atom. The number of nitrogens with zero attached hydrogens (tertiary/aromatic N) is 1. The quantitative estimate of drug-likeness (QED) is 0.654. The van der Waals surface area contributed by atoms with E-state index in [-0.39, 0.29) is 10.5 Å². The summed E-state index contributed by atoms with van der Waals surface area (Å²) in [5, 5.41) is 8.31. The van der Waals surface area contributed by atoms with Gasteiger partial charge in [-0.05, 0) is 18.2 Å². The summed E-state index contributed by atoms with van der Waals surface area (Å²) in [6.07, 6.45) is 0. The molecule has 0 spiro atoms. The van der Waals surface area contributed by atoms with Crippen LogP contribution in [0.15, 0.2) is 23.1 Å². The van der Waals surface area contributed by atoms with Crippen LogP contribution in [0.5, 0.6) is 0 Å². The first-order chi connectivity index (χ1) is 5.65. The summed E-state index contributed by atoms with van der Waals surface area (Å²) in [7, 11) is -2.78. The Morgan fingerprint density at radius 3 is 2.50 bits per heavy atom. The lowest BCUT2D eigenvalue weighted by Crippen LogP contribution is -1.86. The molecule has 1 rings (SSSR count). The van der Waals surface area contributed by atoms with Gasteiger partial charge in [0.1, 0.15) is 11.9 Å². The van der Waals surface area contributed by atoms with Crippen molar-refractivity contribution in [2.45, 2.75) is 4.90 Å². The second kappa shape index (κ2) is 3.32. The van der Waals surface area contributed by atoms with Crippen molar-refractivity contribution in [2.24, 2.45) is 0 Å². The first-order valence-corrected chi connectivity index (χ1v) is 4.17. The Morgan fingerprint density at radius 1 is 1.42 bits per heavy atom. The molecular weight excluding hydrogens is 181 g/mol. The molecule has 62 valence electrons. The van der Waals surface area contributed by atoms with Crippen molar-refractivity contribution in [3.05, 3.63) is 29.6 Å². The van der Waals surface area contributed by atoms with E-state index in [1.165, 1.54) is 6.07 Å². The van der Waals surface area contributed by atoms with Gasteiger partial charge in [-0.15, -0.1) is 0 Å². The van der Waals surface area contributed by atoms with Crippen molar-refractivity contribution in [3.63, 3.8) is 0 Å². The minimum absolute atomic E-state index is 0.124. The lowest BCUT2D eigenvalue weighted by Gasteiger charge is -1.92. The minimum atomic E-state index is -2.78. The number of hydrogen-bond acceptors (Lipinski definition) is 3. The third kappa shape index (κ3) is 1.60. The van der Waals surface area contributed by atoms with E-state index in [1.54, 1.807) is 6.07 Å². The van der Waals surface area contributed by atoms with Gasteiger partial charge in [0, 0.05) is 0 Å². The summed E-state index contributed by atoms with van der Waals surface area (Å²) >= 11 is 0. The lowest BCUT2D eigenvalue weighted by atomic mass is 10.2. The highest BCUT2D eigenvalue weighted by molar-refractivity contribution is 7.72. The van der Waals surface area contributed by atoms with Gasteiger partial charge in [0.15, 0.2) is 10.7 Å². The predicted molar refractivity (Wildman–Crippen MR) is 39.7 cm³/mol. The summed E-state index contributed by atoms with van der Waals surface area (Å²) < 4.78 is 33.4. The molecule has 0 radical (unpaired) electrons. The molecule has 0 aliphatic heterocycles. The molecule has 0 fully saturated rings. The van der Waals surface area contributed by atoms with E-state index in [0.717, 1.165) is 12.1 Å². The normalized spacial score (nSPS) is 9.75. The third-order valence-electron chi connectivity index (χ3n) is 1.28. The molecule has 3 nitrogen and oxygen atoms in total. The van der Waals surface area contributed by atoms with Gasteiger partial charge in [0.25, 0.3) is 0 Å². The molecule has 0 unspecified atom stereocenters. The Balaban J connectivity index is 3.30. The van der Waals surface area contributed by atoms with E-state index >= 15 is 0 Å². The summed E-state index contributed by atoms with van der Waals surface area (Å²) in [4.78, 5) is -0.124. The molecule has 1 aromatic rings. The fraction of sp³-hybridized carbons (Fsp3) is 0. The van der Waals surface area contributed by atoms with Gasteiger partial charge in [0.05, 0.1) is 10.5 Å². The first-order valence-electron chi connectivity index (χ1n) is 2.99. The molecule has 0 amide bonds. The van der Waals surface area contributed by atoms with Crippen LogP contribution in [0, 0.1) is 17.1 Å². The van der Waals surface area contributed by atoms with E-state index in [1.807, 2.05) is 0 Å². The van der Waals surface area contributed by atoms with E-state index in [4.69, 9.17) is 5.26 Å². The third-order valence-corrected chi connectivity index (χ3v) is 1.98. The summed E-state index contributed by atoms with van der Waals surface area (Å²) in [5.41, 5.74) is -0.157. The van der Waals surface area contributed by atoms with Gasteiger partial charge in [-0.2, -0.15) is 5.26 Å². The number of benzene rings is 1. The van der Waals surface area contributed by atoms with Crippen molar-refractivity contribution in [3.8, 4) is 6.07 Å². The molecule has 0 aliphatic carbocycles. The van der Waals surface area contributed by atoms with Crippen molar-refractivity contribution in [1.29, 1.82) is 5.26 Å². The van der Waals surface area contributed by atoms with Crippen LogP contribution in [0.3, 0.4) is 0 Å². The second-order valence-corrected chi connectivity index (χ2v) is 3.06. The zero-order valence-electron chi connectivity index (χ0n) is 5.82. The van der Waals surface area contributed by atoms with E-state index in [0.29, 0.717) is 0 Å². The molecule has 0 heterocycles. The topological polar surface area (TPSA) is 57.9 Å². The fourth-order valence-corrected chi connectivity index (χ4v) is 1.12. The monoisotopic (exact) mass is 185 g/mol. The highest BCUT2D eigenvalue weighted by Crippen LogP contribution is 2.09. The van der Waals surface area contributed by atoms with Crippen LogP contribution in [0.25, 0.3) is 0 Å². The predicted octanol–water partition coefficient (Wildman–Crippen LogP) is 0.668. The molecule has 1 aromatic carbocycles. The molecule has 0 atom stereocenters. The zero-order valence-corrected chi connectivity index (χ0v) is 6.72. The molecular formula is C7H4FNO2S. The van der Waals surface area contributed by atoms with Gasteiger partial charge in [-0.3, -0.25) is 0 Å². The maximum atomic E-state index is 12.7. The lowest BCUT2D eigenvalue weighted by molar-refractivity contribution is 0.604. The highest BCUT2D eigenvalue weighted by atomic mass is 32.2. The van der Waals surface area contributed by atoms with Crippen LogP contribution in [0.4, 0.5) is 4.39 Å². The van der Waals surface area contributed by atoms with Crippen LogP contribution < -0.4 is 0 Å². The molecule has 5 heteroatoms. The summed E-state index contributed by atoms with van der Waals surface area (Å²) in [6, 6.07) is 4.74. The maximum Gasteiger partial charge on any atom is 0.168 e. The van der Waals surface area contributed by atoms with Crippen LogP contribution in [0.2, 0.25) is 0 Å². The van der Waals surface area contributed by atoms with Gasteiger partial charge < -0.3 is 0 Å². The Kier molecular flexibility index (Phi) is 2.41. The second-order valence-electron chi connectivity index (χ2n) is 2.03. The minimum Gasteiger partial charge on any atom is -0.227 e. The SMILES string of the molecule is N#Cc1ccc([SH](=O)=O)cc1F. The Hall–Kier alpha value is -1.41. The van der Waals surface area contributed by atoms with Gasteiger partial charge in [-0.25, -0.2) is 12.8 Å². The van der Waals surface area contributed by atoms with Crippen LogP contribution in [-0.2, 0) is 10.7 Å². The van der Waals surface area contributed by atoms with E-state index in [2.05, 4.69) is 0 Å². The van der Waals surface area contributed by atoms with E-state index in [9.17, 15) is 12.8 Å². The molecule has 0 saturated carbocycles. The maximum absolute atomic E-state index is 12.7. The molecule has 0 aliphatic rings. The van der Waals surface area contributed by atoms with Gasteiger partial charge >= 0.3 is 0 Å². The van der Waals surface area contributed by atoms with Crippen molar-refractivity contribution >= 4 is 10.7 Å². The largest absolute Gasteiger partial charge is 0.227 e. The summed E-state index contributed by atoms with van der Waals surface area (Å²) in [6.45, 7) is 0. The van der Waals surface area contributed by atoms with Crippen LogP contribution in [0.1, 0.15) is 5.56 Å². The van der Waals surface area contributed by atoms with Gasteiger partial charge in [-0.1, -0.05) is 0 Å². The zero-order chi connectivity index (χ0) is 9.14. The number of halogens is 1. The standard InChI is InChI=1S/C7H4FNO2S/c8-7-3-6(12(10)11)2-1-5(7)4-9/h1-3,12H. The van der Waals surface area contributed by atoms with Crippen molar-refractivity contribution in [1.82, 2.24) is 0 Å². The number of nitriles is 1. The average molecular weight is 185 g/mol. The highest BCUT2D eigenvalue weighted by Gasteiger charge is 2.02. The summed E-state index contributed by atoms with van der Waals surface area (Å²) in [5.74, 6) is -0.811. The van der Waals surface area contributed by atoms with Crippen molar-refractivity contribution < 1.29 is 12.8 Å². The van der Waals surface area contributed by atoms with Crippen molar-refractivity contribution in [2.75, 3.05) is 0 Å². The average Bonchev–Trinajstić information content (AvgIpc) is 2.04. The molecule has 12 heavy (non-hydrogen) atoms. The number of thiol groups is 1. The fourth-order valence-electron chi connectivity index (χ4n) is 0.708.